The fraction of sp³-hybridized carbons (Fsp3) is 0.333. The second kappa shape index (κ2) is 8.65. The molecule has 2 aromatic carbocycles. The van der Waals surface area contributed by atoms with Crippen molar-refractivity contribution in [3.05, 3.63) is 48.0 Å². The van der Waals surface area contributed by atoms with E-state index in [0.29, 0.717) is 22.9 Å². The minimum absolute atomic E-state index is 0.0178. The highest BCUT2D eigenvalue weighted by molar-refractivity contribution is 5.98. The van der Waals surface area contributed by atoms with Gasteiger partial charge >= 0.3 is 0 Å². The maximum Gasteiger partial charge on any atom is 0.265 e. The highest BCUT2D eigenvalue weighted by atomic mass is 16.5. The quantitative estimate of drug-likeness (QED) is 0.794. The molecule has 0 spiro atoms. The van der Waals surface area contributed by atoms with Crippen LogP contribution in [0.4, 0.5) is 5.69 Å². The molecule has 3 rings (SSSR count). The number of para-hydroxylation sites is 2. The van der Waals surface area contributed by atoms with Crippen molar-refractivity contribution in [1.29, 1.82) is 0 Å². The highest BCUT2D eigenvalue weighted by Crippen LogP contribution is 2.32. The van der Waals surface area contributed by atoms with E-state index in [9.17, 15) is 9.59 Å². The number of hydrogen-bond donors (Lipinski definition) is 1. The van der Waals surface area contributed by atoms with E-state index in [-0.39, 0.29) is 37.4 Å². The van der Waals surface area contributed by atoms with Gasteiger partial charge in [-0.1, -0.05) is 12.1 Å². The summed E-state index contributed by atoms with van der Waals surface area (Å²) < 4.78 is 16.1. The van der Waals surface area contributed by atoms with Crippen molar-refractivity contribution in [2.24, 2.45) is 0 Å². The van der Waals surface area contributed by atoms with Crippen molar-refractivity contribution >= 4 is 17.5 Å². The molecule has 0 unspecified atom stereocenters. The van der Waals surface area contributed by atoms with Crippen molar-refractivity contribution in [2.75, 3.05) is 32.3 Å². The number of nitrogens with one attached hydrogen (secondary N) is 1. The minimum Gasteiger partial charge on any atom is -0.497 e. The molecule has 0 fully saturated rings. The summed E-state index contributed by atoms with van der Waals surface area (Å²) in [5.74, 6) is 1.69. The van der Waals surface area contributed by atoms with Gasteiger partial charge in [0.1, 0.15) is 17.2 Å². The van der Waals surface area contributed by atoms with Gasteiger partial charge in [0.05, 0.1) is 25.9 Å². The average molecular weight is 384 g/mol. The Morgan fingerprint density at radius 1 is 1.21 bits per heavy atom. The van der Waals surface area contributed by atoms with Gasteiger partial charge in [0.2, 0.25) is 5.91 Å². The zero-order chi connectivity index (χ0) is 20.1. The standard InChI is InChI=1S/C21H24N2O5/c1-14(16-12-15(26-2)8-9-18(16)27-3)22-20(24)10-11-23-17-6-4-5-7-19(17)28-13-21(23)25/h4-9,12,14H,10-11,13H2,1-3H3,(H,22,24)/t14-/m1/s1. The SMILES string of the molecule is COc1ccc(OC)c([C@@H](C)NC(=O)CCN2C(=O)COc3ccccc32)c1. The van der Waals surface area contributed by atoms with Gasteiger partial charge in [0.15, 0.2) is 6.61 Å². The summed E-state index contributed by atoms with van der Waals surface area (Å²) >= 11 is 0. The zero-order valence-electron chi connectivity index (χ0n) is 16.2. The van der Waals surface area contributed by atoms with Gasteiger partial charge in [-0.3, -0.25) is 9.59 Å². The van der Waals surface area contributed by atoms with Gasteiger partial charge in [-0.15, -0.1) is 0 Å². The van der Waals surface area contributed by atoms with Gasteiger partial charge in [-0.05, 0) is 37.3 Å². The Labute approximate surface area is 164 Å². The Balaban J connectivity index is 1.64. The summed E-state index contributed by atoms with van der Waals surface area (Å²) in [5.41, 5.74) is 1.51. The third-order valence-electron chi connectivity index (χ3n) is 4.65. The van der Waals surface area contributed by atoms with Crippen LogP contribution in [0.1, 0.15) is 24.9 Å². The van der Waals surface area contributed by atoms with Gasteiger partial charge in [-0.25, -0.2) is 0 Å². The monoisotopic (exact) mass is 384 g/mol. The molecular formula is C21H24N2O5. The lowest BCUT2D eigenvalue weighted by Crippen LogP contribution is -2.41. The number of methoxy groups -OCH3 is 2. The largest absolute Gasteiger partial charge is 0.497 e. The van der Waals surface area contributed by atoms with Gasteiger partial charge in [0.25, 0.3) is 5.91 Å². The number of carbonyl (C=O) groups excluding carboxylic acids is 2. The fourth-order valence-electron chi connectivity index (χ4n) is 3.18. The van der Waals surface area contributed by atoms with E-state index in [0.717, 1.165) is 5.56 Å². The van der Waals surface area contributed by atoms with Crippen molar-refractivity contribution in [2.45, 2.75) is 19.4 Å². The van der Waals surface area contributed by atoms with Crippen LogP contribution in [-0.4, -0.2) is 39.2 Å². The van der Waals surface area contributed by atoms with E-state index in [1.54, 1.807) is 31.3 Å². The van der Waals surface area contributed by atoms with Crippen molar-refractivity contribution in [3.8, 4) is 17.2 Å². The lowest BCUT2D eigenvalue weighted by atomic mass is 10.1. The van der Waals surface area contributed by atoms with Crippen LogP contribution in [0.25, 0.3) is 0 Å². The summed E-state index contributed by atoms with van der Waals surface area (Å²) in [6.45, 7) is 2.15. The fourth-order valence-corrected chi connectivity index (χ4v) is 3.18. The molecule has 2 amide bonds. The first-order chi connectivity index (χ1) is 13.5. The van der Waals surface area contributed by atoms with E-state index in [1.165, 1.54) is 0 Å². The molecule has 0 radical (unpaired) electrons. The number of anilines is 1. The Bertz CT molecular complexity index is 868. The third-order valence-corrected chi connectivity index (χ3v) is 4.65. The maximum absolute atomic E-state index is 12.5. The predicted molar refractivity (Wildman–Crippen MR) is 105 cm³/mol. The number of ether oxygens (including phenoxy) is 3. The van der Waals surface area contributed by atoms with Crippen LogP contribution in [-0.2, 0) is 9.59 Å². The van der Waals surface area contributed by atoms with Gasteiger partial charge < -0.3 is 24.4 Å². The molecule has 1 atom stereocenters. The van der Waals surface area contributed by atoms with E-state index in [1.807, 2.05) is 37.3 Å². The Hall–Kier alpha value is -3.22. The molecule has 148 valence electrons. The van der Waals surface area contributed by atoms with Crippen LogP contribution >= 0.6 is 0 Å². The molecule has 28 heavy (non-hydrogen) atoms. The molecule has 1 aliphatic heterocycles. The van der Waals surface area contributed by atoms with Crippen molar-refractivity contribution in [3.63, 3.8) is 0 Å². The molecule has 2 aromatic rings. The first-order valence-electron chi connectivity index (χ1n) is 9.07. The normalized spacial score (nSPS) is 14.0. The molecule has 0 bridgehead atoms. The van der Waals surface area contributed by atoms with Crippen LogP contribution in [0.15, 0.2) is 42.5 Å². The Kier molecular flexibility index (Phi) is 6.03. The highest BCUT2D eigenvalue weighted by Gasteiger charge is 2.25. The smallest absolute Gasteiger partial charge is 0.265 e. The van der Waals surface area contributed by atoms with Crippen LogP contribution < -0.4 is 24.4 Å². The van der Waals surface area contributed by atoms with Crippen LogP contribution in [0.5, 0.6) is 17.2 Å². The number of amides is 2. The van der Waals surface area contributed by atoms with Crippen molar-refractivity contribution in [1.82, 2.24) is 5.32 Å². The molecule has 7 nitrogen and oxygen atoms in total. The van der Waals surface area contributed by atoms with Gasteiger partial charge in [0, 0.05) is 18.5 Å². The molecule has 7 heteroatoms. The average Bonchev–Trinajstić information content (AvgIpc) is 2.72. The van der Waals surface area contributed by atoms with E-state index >= 15 is 0 Å². The van der Waals surface area contributed by atoms with Crippen LogP contribution in [0, 0.1) is 0 Å². The first-order valence-corrected chi connectivity index (χ1v) is 9.07. The van der Waals surface area contributed by atoms with E-state index < -0.39 is 0 Å². The molecule has 1 N–H and O–H groups in total. The molecule has 0 aromatic heterocycles. The lowest BCUT2D eigenvalue weighted by molar-refractivity contribution is -0.122. The number of nitrogens with zero attached hydrogens (tertiary/aromatic N) is 1. The number of rotatable bonds is 7. The van der Waals surface area contributed by atoms with Gasteiger partial charge in [-0.2, -0.15) is 0 Å². The predicted octanol–water partition coefficient (Wildman–Crippen LogP) is 2.70. The molecule has 0 aliphatic carbocycles. The minimum atomic E-state index is -0.273. The number of hydrogen-bond acceptors (Lipinski definition) is 5. The Morgan fingerprint density at radius 2 is 2.00 bits per heavy atom. The number of fused-ring (bicyclic) bond motifs is 1. The van der Waals surface area contributed by atoms with Crippen molar-refractivity contribution < 1.29 is 23.8 Å². The lowest BCUT2D eigenvalue weighted by Gasteiger charge is -2.29. The summed E-state index contributed by atoms with van der Waals surface area (Å²) in [6, 6.07) is 12.5. The summed E-state index contributed by atoms with van der Waals surface area (Å²) in [5, 5.41) is 2.96. The second-order valence-electron chi connectivity index (χ2n) is 6.45. The first kappa shape index (κ1) is 19.5. The summed E-state index contributed by atoms with van der Waals surface area (Å²) in [4.78, 5) is 26.3. The number of benzene rings is 2. The topological polar surface area (TPSA) is 77.1 Å². The maximum atomic E-state index is 12.5. The summed E-state index contributed by atoms with van der Waals surface area (Å²) in [7, 11) is 3.17. The van der Waals surface area contributed by atoms with Crippen LogP contribution in [0.3, 0.4) is 0 Å². The molecule has 1 heterocycles. The third kappa shape index (κ3) is 4.19. The van der Waals surface area contributed by atoms with E-state index in [4.69, 9.17) is 14.2 Å². The Morgan fingerprint density at radius 3 is 2.75 bits per heavy atom. The second-order valence-corrected chi connectivity index (χ2v) is 6.45. The molecule has 0 saturated carbocycles. The molecular weight excluding hydrogens is 360 g/mol. The molecule has 1 aliphatic rings. The van der Waals surface area contributed by atoms with E-state index in [2.05, 4.69) is 5.32 Å². The number of carbonyl (C=O) groups is 2. The summed E-state index contributed by atoms with van der Waals surface area (Å²) in [6.07, 6.45) is 0.177. The van der Waals surface area contributed by atoms with Crippen LogP contribution in [0.2, 0.25) is 0 Å². The zero-order valence-corrected chi connectivity index (χ0v) is 16.2. The molecule has 0 saturated heterocycles.